The zero-order valence-electron chi connectivity index (χ0n) is 13.8. The number of hydrogen-bond acceptors (Lipinski definition) is 4. The molecule has 1 aromatic carbocycles. The van der Waals surface area contributed by atoms with Gasteiger partial charge < -0.3 is 14.2 Å². The van der Waals surface area contributed by atoms with Gasteiger partial charge in [0.15, 0.2) is 0 Å². The van der Waals surface area contributed by atoms with E-state index in [2.05, 4.69) is 4.90 Å². The van der Waals surface area contributed by atoms with Crippen molar-refractivity contribution >= 4 is 23.2 Å². The van der Waals surface area contributed by atoms with Crippen molar-refractivity contribution in [3.8, 4) is 0 Å². The minimum Gasteiger partial charge on any atom is -0.385 e. The van der Waals surface area contributed by atoms with Crippen LogP contribution in [0.25, 0.3) is 0 Å². The Morgan fingerprint density at radius 2 is 1.87 bits per heavy atom. The molecule has 0 spiro atoms. The van der Waals surface area contributed by atoms with Gasteiger partial charge in [-0.3, -0.25) is 4.90 Å². The molecule has 1 saturated heterocycles. The largest absolute Gasteiger partial charge is 0.385 e. The van der Waals surface area contributed by atoms with Crippen molar-refractivity contribution in [3.05, 3.63) is 33.8 Å². The number of likely N-dealkylation sites (tertiary alicyclic amines) is 1. The quantitative estimate of drug-likeness (QED) is 0.492. The van der Waals surface area contributed by atoms with E-state index in [1.54, 1.807) is 20.3 Å². The van der Waals surface area contributed by atoms with Crippen LogP contribution in [-0.2, 0) is 20.0 Å². The second-order valence-electron chi connectivity index (χ2n) is 5.76. The minimum absolute atomic E-state index is 0.536. The van der Waals surface area contributed by atoms with Crippen LogP contribution in [0.5, 0.6) is 0 Å². The first-order valence-corrected chi connectivity index (χ1v) is 8.73. The second-order valence-corrected chi connectivity index (χ2v) is 6.60. The van der Waals surface area contributed by atoms with Crippen LogP contribution in [0.3, 0.4) is 0 Å². The SMILES string of the molecule is COCCCOC(CN1CCCC1)(OC)c1ccc(Cl)cc1Cl. The standard InChI is InChI=1S/C17H25Cl2NO3/c1-21-10-5-11-23-17(22-2,13-20-8-3-4-9-20)15-7-6-14(18)12-16(15)19/h6-7,12H,3-5,8-11,13H2,1-2H3. The average Bonchev–Trinajstić information content (AvgIpc) is 3.03. The highest BCUT2D eigenvalue weighted by Gasteiger charge is 2.38. The van der Waals surface area contributed by atoms with Crippen molar-refractivity contribution in [2.24, 2.45) is 0 Å². The lowest BCUT2D eigenvalue weighted by atomic mass is 10.0. The Kier molecular flexibility index (Phi) is 7.60. The monoisotopic (exact) mass is 361 g/mol. The summed E-state index contributed by atoms with van der Waals surface area (Å²) < 4.78 is 17.1. The number of rotatable bonds is 9. The van der Waals surface area contributed by atoms with Crippen LogP contribution in [0, 0.1) is 0 Å². The molecule has 0 amide bonds. The molecule has 0 saturated carbocycles. The third-order valence-corrected chi connectivity index (χ3v) is 4.68. The maximum atomic E-state index is 6.43. The first kappa shape index (κ1) is 19.0. The highest BCUT2D eigenvalue weighted by Crippen LogP contribution is 2.35. The summed E-state index contributed by atoms with van der Waals surface area (Å²) in [4.78, 5) is 2.35. The molecule has 0 N–H and O–H groups in total. The lowest BCUT2D eigenvalue weighted by Crippen LogP contribution is -2.44. The molecule has 1 atom stereocenters. The zero-order chi connectivity index (χ0) is 16.7. The Balaban J connectivity index is 2.23. The fraction of sp³-hybridized carbons (Fsp3) is 0.647. The number of ether oxygens (including phenoxy) is 3. The van der Waals surface area contributed by atoms with E-state index in [1.165, 1.54) is 12.8 Å². The van der Waals surface area contributed by atoms with Crippen molar-refractivity contribution < 1.29 is 14.2 Å². The summed E-state index contributed by atoms with van der Waals surface area (Å²) >= 11 is 12.5. The predicted octanol–water partition coefficient (Wildman–Crippen LogP) is 3.94. The molecule has 23 heavy (non-hydrogen) atoms. The van der Waals surface area contributed by atoms with Gasteiger partial charge in [0.2, 0.25) is 5.79 Å². The van der Waals surface area contributed by atoms with Gasteiger partial charge in [0.25, 0.3) is 0 Å². The van der Waals surface area contributed by atoms with E-state index in [0.29, 0.717) is 29.8 Å². The number of benzene rings is 1. The molecule has 0 radical (unpaired) electrons. The summed E-state index contributed by atoms with van der Waals surface area (Å²) in [7, 11) is 3.35. The van der Waals surface area contributed by atoms with Gasteiger partial charge in [-0.2, -0.15) is 0 Å². The molecule has 6 heteroatoms. The van der Waals surface area contributed by atoms with E-state index in [9.17, 15) is 0 Å². The smallest absolute Gasteiger partial charge is 0.209 e. The van der Waals surface area contributed by atoms with Gasteiger partial charge in [0.1, 0.15) is 0 Å². The van der Waals surface area contributed by atoms with Crippen LogP contribution in [0.4, 0.5) is 0 Å². The van der Waals surface area contributed by atoms with Crippen LogP contribution in [-0.4, -0.2) is 52.0 Å². The molecule has 1 aliphatic rings. The maximum Gasteiger partial charge on any atom is 0.209 e. The van der Waals surface area contributed by atoms with Gasteiger partial charge in [-0.1, -0.05) is 29.3 Å². The molecule has 0 aliphatic carbocycles. The molecule has 2 rings (SSSR count). The topological polar surface area (TPSA) is 30.9 Å². The molecule has 0 bridgehead atoms. The van der Waals surface area contributed by atoms with E-state index >= 15 is 0 Å². The first-order valence-electron chi connectivity index (χ1n) is 7.97. The molecule has 1 fully saturated rings. The van der Waals surface area contributed by atoms with Crippen molar-refractivity contribution in [2.75, 3.05) is 47.1 Å². The van der Waals surface area contributed by atoms with Gasteiger partial charge in [-0.15, -0.1) is 0 Å². The maximum absolute atomic E-state index is 6.43. The highest BCUT2D eigenvalue weighted by molar-refractivity contribution is 6.35. The molecule has 1 unspecified atom stereocenters. The fourth-order valence-corrected chi connectivity index (χ4v) is 3.47. The van der Waals surface area contributed by atoms with E-state index in [1.807, 2.05) is 12.1 Å². The van der Waals surface area contributed by atoms with Crippen molar-refractivity contribution in [1.29, 1.82) is 0 Å². The molecule has 130 valence electrons. The molecule has 1 aliphatic heterocycles. The van der Waals surface area contributed by atoms with Crippen molar-refractivity contribution in [2.45, 2.75) is 25.0 Å². The molecule has 4 nitrogen and oxygen atoms in total. The van der Waals surface area contributed by atoms with Crippen LogP contribution in [0.15, 0.2) is 18.2 Å². The van der Waals surface area contributed by atoms with Crippen molar-refractivity contribution in [3.63, 3.8) is 0 Å². The predicted molar refractivity (Wildman–Crippen MR) is 93.3 cm³/mol. The number of nitrogens with zero attached hydrogens (tertiary/aromatic N) is 1. The Hall–Kier alpha value is -0.360. The number of methoxy groups -OCH3 is 2. The summed E-state index contributed by atoms with van der Waals surface area (Å²) in [5.41, 5.74) is 0.815. The lowest BCUT2D eigenvalue weighted by Gasteiger charge is -2.36. The van der Waals surface area contributed by atoms with Gasteiger partial charge in [-0.05, 0) is 44.5 Å². The zero-order valence-corrected chi connectivity index (χ0v) is 15.3. The van der Waals surface area contributed by atoms with E-state index in [0.717, 1.165) is 25.1 Å². The lowest BCUT2D eigenvalue weighted by molar-refractivity contribution is -0.241. The Morgan fingerprint density at radius 1 is 1.13 bits per heavy atom. The minimum atomic E-state index is -0.889. The van der Waals surface area contributed by atoms with Gasteiger partial charge in [0, 0.05) is 31.4 Å². The highest BCUT2D eigenvalue weighted by atomic mass is 35.5. The van der Waals surface area contributed by atoms with Gasteiger partial charge >= 0.3 is 0 Å². The van der Waals surface area contributed by atoms with Crippen molar-refractivity contribution in [1.82, 2.24) is 4.90 Å². The number of halogens is 2. The number of hydrogen-bond donors (Lipinski definition) is 0. The van der Waals surface area contributed by atoms with Gasteiger partial charge in [0.05, 0.1) is 18.2 Å². The molecule has 0 aromatic heterocycles. The summed E-state index contributed by atoms with van der Waals surface area (Å²) in [6, 6.07) is 5.44. The van der Waals surface area contributed by atoms with Crippen LogP contribution < -0.4 is 0 Å². The average molecular weight is 362 g/mol. The summed E-state index contributed by atoms with van der Waals surface area (Å²) in [6.07, 6.45) is 3.21. The fourth-order valence-electron chi connectivity index (χ4n) is 2.92. The second kappa shape index (κ2) is 9.21. The molecule has 1 aromatic rings. The first-order chi connectivity index (χ1) is 11.1. The Bertz CT molecular complexity index is 495. The summed E-state index contributed by atoms with van der Waals surface area (Å²) in [6.45, 7) is 3.94. The van der Waals surface area contributed by atoms with E-state index in [-0.39, 0.29) is 0 Å². The normalized spacial score (nSPS) is 18.3. The van der Waals surface area contributed by atoms with Gasteiger partial charge in [-0.25, -0.2) is 0 Å². The third-order valence-electron chi connectivity index (χ3n) is 4.13. The summed E-state index contributed by atoms with van der Waals surface area (Å²) in [5, 5.41) is 1.16. The molecule has 1 heterocycles. The Labute approximate surface area is 148 Å². The Morgan fingerprint density at radius 3 is 2.48 bits per heavy atom. The molecular weight excluding hydrogens is 337 g/mol. The summed E-state index contributed by atoms with van der Waals surface area (Å²) in [5.74, 6) is -0.889. The third kappa shape index (κ3) is 5.05. The van der Waals surface area contributed by atoms with E-state index < -0.39 is 5.79 Å². The molecular formula is C17H25Cl2NO3. The van der Waals surface area contributed by atoms with Crippen LogP contribution >= 0.6 is 23.2 Å². The van der Waals surface area contributed by atoms with Crippen LogP contribution in [0.1, 0.15) is 24.8 Å². The van der Waals surface area contributed by atoms with E-state index in [4.69, 9.17) is 37.4 Å². The van der Waals surface area contributed by atoms with Crippen LogP contribution in [0.2, 0.25) is 10.0 Å².